The van der Waals surface area contributed by atoms with Crippen LogP contribution in [0.4, 0.5) is 16.2 Å². The Balaban J connectivity index is 1.49. The minimum absolute atomic E-state index is 0.386. The highest BCUT2D eigenvalue weighted by Gasteiger charge is 2.11. The number of fused-ring (bicyclic) bond motifs is 2. The molecule has 2 aromatic carbocycles. The maximum Gasteiger partial charge on any atom is 0.323 e. The summed E-state index contributed by atoms with van der Waals surface area (Å²) in [7, 11) is 0. The van der Waals surface area contributed by atoms with E-state index >= 15 is 0 Å². The monoisotopic (exact) mass is 461 g/mol. The zero-order valence-corrected chi connectivity index (χ0v) is 17.3. The van der Waals surface area contributed by atoms with Crippen molar-refractivity contribution in [3.05, 3.63) is 89.3 Å². The van der Waals surface area contributed by atoms with Gasteiger partial charge in [-0.15, -0.1) is 0 Å². The molecule has 5 rings (SSSR count). The number of nitrogens with one attached hydrogen (secondary N) is 3. The highest BCUT2D eigenvalue weighted by Crippen LogP contribution is 2.27. The van der Waals surface area contributed by atoms with Crippen molar-refractivity contribution in [2.24, 2.45) is 0 Å². The summed E-state index contributed by atoms with van der Waals surface area (Å²) in [5, 5.41) is 7.14. The third-order valence-electron chi connectivity index (χ3n) is 4.80. The van der Waals surface area contributed by atoms with Crippen molar-refractivity contribution in [2.45, 2.75) is 6.50 Å². The molecular weight excluding hydrogens is 442 g/mol. The molecule has 0 spiro atoms. The molecule has 0 aliphatic heterocycles. The SMILES string of the molecule is [2H]C([2H])(c1c[nH]c2ncccc12)n1ccc2c(NC(=O)Nc3ccccc3Br)cccc21. The second kappa shape index (κ2) is 7.68. The van der Waals surface area contributed by atoms with Crippen LogP contribution in [-0.4, -0.2) is 20.6 Å². The van der Waals surface area contributed by atoms with E-state index in [1.165, 1.54) is 0 Å². The van der Waals surface area contributed by atoms with Gasteiger partial charge in [0.05, 0.1) is 19.6 Å². The second-order valence-electron chi connectivity index (χ2n) is 6.70. The quantitative estimate of drug-likeness (QED) is 0.308. The smallest absolute Gasteiger partial charge is 0.323 e. The van der Waals surface area contributed by atoms with E-state index in [0.717, 1.165) is 15.2 Å². The normalized spacial score (nSPS) is 12.6. The molecule has 0 atom stereocenters. The topological polar surface area (TPSA) is 74.7 Å². The van der Waals surface area contributed by atoms with Crippen LogP contribution in [0.3, 0.4) is 0 Å². The molecule has 0 fully saturated rings. The zero-order chi connectivity index (χ0) is 22.3. The fourth-order valence-electron chi connectivity index (χ4n) is 3.39. The first-order valence-corrected chi connectivity index (χ1v) is 10.1. The molecule has 2 amide bonds. The first kappa shape index (κ1) is 16.2. The molecule has 6 nitrogen and oxygen atoms in total. The number of hydrogen-bond donors (Lipinski definition) is 3. The van der Waals surface area contributed by atoms with Gasteiger partial charge in [-0.25, -0.2) is 9.78 Å². The highest BCUT2D eigenvalue weighted by molar-refractivity contribution is 9.10. The number of nitrogens with zero attached hydrogens (tertiary/aromatic N) is 2. The molecule has 0 saturated heterocycles. The minimum atomic E-state index is -1.83. The van der Waals surface area contributed by atoms with E-state index in [-0.39, 0.29) is 6.03 Å². The van der Waals surface area contributed by atoms with E-state index in [1.54, 1.807) is 53.5 Å². The Morgan fingerprint density at radius 1 is 1.03 bits per heavy atom. The lowest BCUT2D eigenvalue weighted by atomic mass is 10.2. The number of carbonyl (C=O) groups is 1. The van der Waals surface area contributed by atoms with Crippen LogP contribution in [0.5, 0.6) is 0 Å². The molecule has 0 radical (unpaired) electrons. The van der Waals surface area contributed by atoms with Crippen LogP contribution in [0.25, 0.3) is 21.9 Å². The van der Waals surface area contributed by atoms with E-state index in [9.17, 15) is 4.79 Å². The Morgan fingerprint density at radius 3 is 2.77 bits per heavy atom. The lowest BCUT2D eigenvalue weighted by molar-refractivity contribution is 0.262. The number of para-hydroxylation sites is 1. The van der Waals surface area contributed by atoms with Gasteiger partial charge in [-0.3, -0.25) is 0 Å². The number of H-pyrrole nitrogens is 1. The maximum absolute atomic E-state index is 12.6. The summed E-state index contributed by atoms with van der Waals surface area (Å²) in [6.45, 7) is -1.83. The lowest BCUT2D eigenvalue weighted by Crippen LogP contribution is -2.19. The predicted octanol–water partition coefficient (Wildman–Crippen LogP) is 5.97. The van der Waals surface area contributed by atoms with Gasteiger partial charge in [0.1, 0.15) is 5.65 Å². The number of anilines is 2. The van der Waals surface area contributed by atoms with Gasteiger partial charge in [0.15, 0.2) is 0 Å². The van der Waals surface area contributed by atoms with Crippen LogP contribution in [0.2, 0.25) is 0 Å². The highest BCUT2D eigenvalue weighted by atomic mass is 79.9. The molecule has 30 heavy (non-hydrogen) atoms. The molecule has 7 heteroatoms. The number of carbonyl (C=O) groups excluding carboxylic acids is 1. The van der Waals surface area contributed by atoms with Crippen molar-refractivity contribution in [3.8, 4) is 0 Å². The standard InChI is InChI=1S/C23H18BrN5O/c24-18-6-1-2-7-20(18)28-23(30)27-19-8-3-9-21-17(19)10-12-29(21)14-15-13-26-22-16(15)5-4-11-25-22/h1-13H,14H2,(H,25,26)(H2,27,28,30)/i14D2. The Kier molecular flexibility index (Phi) is 4.16. The second-order valence-corrected chi connectivity index (χ2v) is 7.55. The largest absolute Gasteiger partial charge is 0.346 e. The number of aromatic nitrogens is 3. The summed E-state index contributed by atoms with van der Waals surface area (Å²) in [4.78, 5) is 19.9. The number of pyridine rings is 1. The molecular formula is C23H18BrN5O. The molecule has 3 heterocycles. The number of aromatic amines is 1. The molecule has 0 aliphatic rings. The Labute approximate surface area is 183 Å². The molecule has 5 aromatic rings. The average Bonchev–Trinajstić information content (AvgIpc) is 3.41. The van der Waals surface area contributed by atoms with Crippen molar-refractivity contribution in [1.82, 2.24) is 14.5 Å². The first-order valence-electron chi connectivity index (χ1n) is 10.3. The molecule has 0 unspecified atom stereocenters. The molecule has 0 aliphatic carbocycles. The molecule has 3 N–H and O–H groups in total. The summed E-state index contributed by atoms with van der Waals surface area (Å²) >= 11 is 3.42. The average molecular weight is 462 g/mol. The third kappa shape index (κ3) is 3.44. The maximum atomic E-state index is 12.6. The Morgan fingerprint density at radius 2 is 1.87 bits per heavy atom. The number of hydrogen-bond acceptors (Lipinski definition) is 2. The van der Waals surface area contributed by atoms with Crippen molar-refractivity contribution in [2.75, 3.05) is 10.6 Å². The summed E-state index contributed by atoms with van der Waals surface area (Å²) < 4.78 is 20.1. The van der Waals surface area contributed by atoms with Gasteiger partial charge in [-0.05, 0) is 64.0 Å². The number of amides is 2. The fourth-order valence-corrected chi connectivity index (χ4v) is 3.77. The summed E-state index contributed by atoms with van der Waals surface area (Å²) in [6, 6.07) is 17.8. The van der Waals surface area contributed by atoms with Gasteiger partial charge in [0.2, 0.25) is 0 Å². The van der Waals surface area contributed by atoms with E-state index < -0.39 is 6.50 Å². The zero-order valence-electron chi connectivity index (χ0n) is 17.7. The van der Waals surface area contributed by atoms with Crippen molar-refractivity contribution in [3.63, 3.8) is 0 Å². The van der Waals surface area contributed by atoms with Crippen LogP contribution in [0, 0.1) is 0 Å². The van der Waals surface area contributed by atoms with Crippen LogP contribution in [0.15, 0.2) is 83.7 Å². The number of benzene rings is 2. The van der Waals surface area contributed by atoms with Crippen molar-refractivity contribution >= 4 is 55.3 Å². The summed E-state index contributed by atoms with van der Waals surface area (Å²) in [5.41, 5.74) is 3.02. The van der Waals surface area contributed by atoms with Crippen LogP contribution >= 0.6 is 15.9 Å². The first-order chi connectivity index (χ1) is 15.4. The molecule has 148 valence electrons. The van der Waals surface area contributed by atoms with E-state index in [1.807, 2.05) is 30.3 Å². The summed E-state index contributed by atoms with van der Waals surface area (Å²) in [6.07, 6.45) is 5.01. The number of rotatable bonds is 4. The lowest BCUT2D eigenvalue weighted by Gasteiger charge is -2.11. The Hall–Kier alpha value is -3.58. The van der Waals surface area contributed by atoms with Crippen molar-refractivity contribution in [1.29, 1.82) is 0 Å². The van der Waals surface area contributed by atoms with Crippen LogP contribution in [-0.2, 0) is 6.50 Å². The van der Waals surface area contributed by atoms with Gasteiger partial charge in [-0.2, -0.15) is 0 Å². The van der Waals surface area contributed by atoms with E-state index in [4.69, 9.17) is 2.74 Å². The molecule has 0 saturated carbocycles. The molecule has 3 aromatic heterocycles. The van der Waals surface area contributed by atoms with Gasteiger partial charge in [-0.1, -0.05) is 18.2 Å². The number of urea groups is 1. The Bertz CT molecular complexity index is 1460. The van der Waals surface area contributed by atoms with E-state index in [2.05, 4.69) is 36.5 Å². The minimum Gasteiger partial charge on any atom is -0.346 e. The van der Waals surface area contributed by atoms with Gasteiger partial charge < -0.3 is 20.2 Å². The van der Waals surface area contributed by atoms with Crippen LogP contribution < -0.4 is 10.6 Å². The number of halogens is 1. The van der Waals surface area contributed by atoms with Gasteiger partial charge in [0.25, 0.3) is 0 Å². The predicted molar refractivity (Wildman–Crippen MR) is 124 cm³/mol. The van der Waals surface area contributed by atoms with Crippen LogP contribution in [0.1, 0.15) is 8.30 Å². The van der Waals surface area contributed by atoms with Gasteiger partial charge >= 0.3 is 6.03 Å². The summed E-state index contributed by atoms with van der Waals surface area (Å²) in [5.74, 6) is 0. The van der Waals surface area contributed by atoms with Crippen molar-refractivity contribution < 1.29 is 7.54 Å². The fraction of sp³-hybridized carbons (Fsp3) is 0.0435. The third-order valence-corrected chi connectivity index (χ3v) is 5.49. The van der Waals surface area contributed by atoms with E-state index in [0.29, 0.717) is 28.1 Å². The molecule has 0 bridgehead atoms. The van der Waals surface area contributed by atoms with Gasteiger partial charge in [0, 0.05) is 40.3 Å².